The fraction of sp³-hybridized carbons (Fsp3) is 0.238. The van der Waals surface area contributed by atoms with Gasteiger partial charge in [0.1, 0.15) is 10.0 Å². The Hall–Kier alpha value is -2.60. The maximum absolute atomic E-state index is 14.2. The van der Waals surface area contributed by atoms with Gasteiger partial charge in [0.05, 0.1) is 11.4 Å². The van der Waals surface area contributed by atoms with Crippen LogP contribution in [0.5, 0.6) is 0 Å². The first-order valence-electron chi connectivity index (χ1n) is 9.78. The smallest absolute Gasteiger partial charge is 0.247 e. The highest BCUT2D eigenvalue weighted by Crippen LogP contribution is 2.33. The van der Waals surface area contributed by atoms with E-state index in [1.54, 1.807) is 18.2 Å². The molecule has 0 unspecified atom stereocenters. The summed E-state index contributed by atoms with van der Waals surface area (Å²) in [6, 6.07) is 13.9. The highest BCUT2D eigenvalue weighted by Gasteiger charge is 2.22. The summed E-state index contributed by atoms with van der Waals surface area (Å²) in [6.45, 7) is 4.70. The monoisotopic (exact) mass is 491 g/mol. The molecule has 3 heterocycles. The highest BCUT2D eigenvalue weighted by molar-refractivity contribution is 7.91. The van der Waals surface area contributed by atoms with E-state index in [1.165, 1.54) is 23.5 Å². The quantitative estimate of drug-likeness (QED) is 0.412. The molecule has 1 aromatic carbocycles. The number of anilines is 1. The summed E-state index contributed by atoms with van der Waals surface area (Å²) in [5.41, 5.74) is 0.587. The normalized spacial score (nSPS) is 11.9. The van der Waals surface area contributed by atoms with Crippen molar-refractivity contribution in [3.63, 3.8) is 0 Å². The predicted octanol–water partition coefficient (Wildman–Crippen LogP) is 4.47. The fourth-order valence-corrected chi connectivity index (χ4v) is 6.08. The fourth-order valence-electron chi connectivity index (χ4n) is 3.30. The molecule has 32 heavy (non-hydrogen) atoms. The van der Waals surface area contributed by atoms with Crippen molar-refractivity contribution in [3.05, 3.63) is 59.2 Å². The van der Waals surface area contributed by atoms with Crippen molar-refractivity contribution in [1.82, 2.24) is 14.8 Å². The lowest BCUT2D eigenvalue weighted by Crippen LogP contribution is -2.32. The zero-order valence-electron chi connectivity index (χ0n) is 17.7. The molecule has 0 saturated carbocycles. The highest BCUT2D eigenvalue weighted by atomic mass is 32.2. The average molecular weight is 492 g/mol. The first kappa shape index (κ1) is 22.6. The van der Waals surface area contributed by atoms with E-state index < -0.39 is 10.0 Å². The number of benzene rings is 1. The van der Waals surface area contributed by atoms with Crippen LogP contribution >= 0.6 is 22.7 Å². The second-order valence-electron chi connectivity index (χ2n) is 7.51. The molecule has 0 radical (unpaired) electrons. The first-order valence-corrected chi connectivity index (χ1v) is 13.0. The lowest BCUT2D eigenvalue weighted by molar-refractivity contribution is 0.600. The number of primary sulfonamides is 1. The van der Waals surface area contributed by atoms with E-state index in [4.69, 9.17) is 5.14 Å². The van der Waals surface area contributed by atoms with Gasteiger partial charge in [-0.2, -0.15) is 0 Å². The molecule has 0 aliphatic rings. The third-order valence-corrected chi connectivity index (χ3v) is 8.56. The van der Waals surface area contributed by atoms with E-state index in [0.29, 0.717) is 28.8 Å². The topological polar surface area (TPSA) is 94.1 Å². The minimum atomic E-state index is -3.76. The number of rotatable bonds is 7. The van der Waals surface area contributed by atoms with Crippen molar-refractivity contribution in [2.75, 3.05) is 4.90 Å². The standard InChI is InChI=1S/C21H22FN5O2S3/c1-13(2)27(12-14-8-9-17(30-14)15-6-4-5-7-16(15)22)21-25-24-20(26(21)3)18-10-11-19(31-18)32(23,28)29/h4-11,13H,12H2,1-3H3,(H2,23,28,29). The SMILES string of the molecule is CC(C)N(Cc1ccc(-c2ccccc2F)s1)c1nnc(-c2ccc(S(N)(=O)=O)s2)n1C. The van der Waals surface area contributed by atoms with Gasteiger partial charge in [-0.25, -0.2) is 17.9 Å². The van der Waals surface area contributed by atoms with Gasteiger partial charge in [-0.15, -0.1) is 32.9 Å². The average Bonchev–Trinajstić information content (AvgIpc) is 3.45. The van der Waals surface area contributed by atoms with E-state index in [2.05, 4.69) is 28.9 Å². The summed E-state index contributed by atoms with van der Waals surface area (Å²) in [5, 5.41) is 13.9. The van der Waals surface area contributed by atoms with Gasteiger partial charge in [-0.1, -0.05) is 18.2 Å². The van der Waals surface area contributed by atoms with Crippen molar-refractivity contribution in [3.8, 4) is 21.1 Å². The number of thiophene rings is 2. The number of hydrogen-bond acceptors (Lipinski definition) is 7. The van der Waals surface area contributed by atoms with E-state index in [-0.39, 0.29) is 16.1 Å². The molecule has 168 valence electrons. The summed E-state index contributed by atoms with van der Waals surface area (Å²) >= 11 is 2.60. The molecule has 0 bridgehead atoms. The largest absolute Gasteiger partial charge is 0.333 e. The van der Waals surface area contributed by atoms with Gasteiger partial charge < -0.3 is 4.90 Å². The second kappa shape index (κ2) is 8.74. The van der Waals surface area contributed by atoms with Crippen molar-refractivity contribution >= 4 is 38.6 Å². The summed E-state index contributed by atoms with van der Waals surface area (Å²) in [5.74, 6) is 0.972. The Morgan fingerprint density at radius 2 is 1.78 bits per heavy atom. The molecular weight excluding hydrogens is 469 g/mol. The van der Waals surface area contributed by atoms with Crippen molar-refractivity contribution in [2.24, 2.45) is 12.2 Å². The molecule has 0 amide bonds. The van der Waals surface area contributed by atoms with Crippen LogP contribution in [0.15, 0.2) is 52.7 Å². The van der Waals surface area contributed by atoms with Crippen LogP contribution in [0.4, 0.5) is 10.3 Å². The van der Waals surface area contributed by atoms with Crippen LogP contribution in [0.3, 0.4) is 0 Å². The van der Waals surface area contributed by atoms with Crippen molar-refractivity contribution < 1.29 is 12.8 Å². The van der Waals surface area contributed by atoms with E-state index in [1.807, 2.05) is 29.8 Å². The van der Waals surface area contributed by atoms with Gasteiger partial charge in [-0.05, 0) is 44.2 Å². The summed E-state index contributed by atoms with van der Waals surface area (Å²) in [7, 11) is -1.92. The maximum atomic E-state index is 14.2. The Bertz CT molecular complexity index is 1360. The lowest BCUT2D eigenvalue weighted by atomic mass is 10.2. The Kier molecular flexibility index (Phi) is 6.17. The zero-order valence-corrected chi connectivity index (χ0v) is 20.1. The third-order valence-electron chi connectivity index (χ3n) is 4.94. The number of nitrogens with two attached hydrogens (primary N) is 1. The number of sulfonamides is 1. The number of aromatic nitrogens is 3. The van der Waals surface area contributed by atoms with Crippen LogP contribution in [-0.2, 0) is 23.6 Å². The molecule has 4 rings (SSSR count). The molecule has 0 fully saturated rings. The summed E-state index contributed by atoms with van der Waals surface area (Å²) in [4.78, 5) is 4.70. The molecule has 11 heteroatoms. The van der Waals surface area contributed by atoms with Gasteiger partial charge in [-0.3, -0.25) is 4.57 Å². The zero-order chi connectivity index (χ0) is 23.0. The van der Waals surface area contributed by atoms with Gasteiger partial charge in [0.2, 0.25) is 16.0 Å². The first-order chi connectivity index (χ1) is 15.1. The Labute approximate surface area is 194 Å². The minimum Gasteiger partial charge on any atom is -0.333 e. The van der Waals surface area contributed by atoms with Crippen LogP contribution in [0.2, 0.25) is 0 Å². The molecule has 2 N–H and O–H groups in total. The van der Waals surface area contributed by atoms with Gasteiger partial charge in [0.15, 0.2) is 5.82 Å². The Balaban J connectivity index is 1.62. The molecule has 3 aromatic heterocycles. The lowest BCUT2D eigenvalue weighted by Gasteiger charge is -2.26. The molecule has 0 saturated heterocycles. The second-order valence-corrected chi connectivity index (χ2v) is 11.6. The van der Waals surface area contributed by atoms with Crippen LogP contribution in [-0.4, -0.2) is 29.2 Å². The maximum Gasteiger partial charge on any atom is 0.247 e. The van der Waals surface area contributed by atoms with Gasteiger partial charge in [0, 0.05) is 28.4 Å². The number of nitrogens with zero attached hydrogens (tertiary/aromatic N) is 4. The molecule has 0 aliphatic carbocycles. The van der Waals surface area contributed by atoms with Gasteiger partial charge in [0.25, 0.3) is 0 Å². The van der Waals surface area contributed by atoms with E-state index >= 15 is 0 Å². The van der Waals surface area contributed by atoms with Crippen molar-refractivity contribution in [2.45, 2.75) is 30.6 Å². The summed E-state index contributed by atoms with van der Waals surface area (Å²) < 4.78 is 39.3. The van der Waals surface area contributed by atoms with Crippen LogP contribution < -0.4 is 10.0 Å². The van der Waals surface area contributed by atoms with Crippen LogP contribution in [0.25, 0.3) is 21.1 Å². The number of hydrogen-bond donors (Lipinski definition) is 1. The van der Waals surface area contributed by atoms with E-state index in [0.717, 1.165) is 21.1 Å². The minimum absolute atomic E-state index is 0.0806. The molecule has 7 nitrogen and oxygen atoms in total. The van der Waals surface area contributed by atoms with Gasteiger partial charge >= 0.3 is 0 Å². The molecule has 0 aliphatic heterocycles. The Morgan fingerprint density at radius 1 is 1.06 bits per heavy atom. The Morgan fingerprint density at radius 3 is 2.44 bits per heavy atom. The van der Waals surface area contributed by atoms with Crippen molar-refractivity contribution in [1.29, 1.82) is 0 Å². The number of halogens is 1. The molecular formula is C21H22FN5O2S3. The van der Waals surface area contributed by atoms with Crippen LogP contribution in [0.1, 0.15) is 18.7 Å². The molecule has 0 spiro atoms. The summed E-state index contributed by atoms with van der Waals surface area (Å²) in [6.07, 6.45) is 0. The predicted molar refractivity (Wildman–Crippen MR) is 127 cm³/mol. The molecule has 0 atom stereocenters. The third kappa shape index (κ3) is 4.46. The molecule has 4 aromatic rings. The van der Waals surface area contributed by atoms with E-state index in [9.17, 15) is 12.8 Å². The van der Waals surface area contributed by atoms with Crippen LogP contribution in [0, 0.1) is 5.82 Å².